The van der Waals surface area contributed by atoms with E-state index in [0.717, 1.165) is 18.4 Å². The van der Waals surface area contributed by atoms with Gasteiger partial charge in [-0.25, -0.2) is 29.1 Å². The Balaban J connectivity index is 2.16. The summed E-state index contributed by atoms with van der Waals surface area (Å²) in [5.74, 6) is 3.62. The van der Waals surface area contributed by atoms with Crippen LogP contribution in [0.5, 0.6) is 5.75 Å². The Morgan fingerprint density at radius 3 is 2.55 bits per heavy atom. The number of aliphatic imine (C=N–C) groups is 1. The van der Waals surface area contributed by atoms with Gasteiger partial charge in [0.05, 0.1) is 16.1 Å². The molecule has 0 saturated heterocycles. The zero-order valence-corrected chi connectivity index (χ0v) is 17.9. The molecule has 1 atom stereocenters. The van der Waals surface area contributed by atoms with Crippen molar-refractivity contribution < 1.29 is 28.0 Å². The maximum atomic E-state index is 12.3. The Bertz CT molecular complexity index is 1330. The van der Waals surface area contributed by atoms with Gasteiger partial charge in [-0.3, -0.25) is 10.1 Å². The molecule has 33 heavy (non-hydrogen) atoms. The Hall–Kier alpha value is -4.28. The monoisotopic (exact) mass is 471 g/mol. The van der Waals surface area contributed by atoms with E-state index in [-0.39, 0.29) is 23.4 Å². The maximum Gasteiger partial charge on any atom is 0.351 e. The number of nitriles is 1. The minimum Gasteiger partial charge on any atom is -0.478 e. The lowest BCUT2D eigenvalue weighted by atomic mass is 10.1. The first-order valence-electron chi connectivity index (χ1n) is 9.20. The van der Waals surface area contributed by atoms with Gasteiger partial charge in [-0.2, -0.15) is 5.26 Å². The smallest absolute Gasteiger partial charge is 0.351 e. The Kier molecular flexibility index (Phi) is 6.43. The number of hydrazine groups is 1. The number of sulfone groups is 1. The molecule has 0 aliphatic carbocycles. The van der Waals surface area contributed by atoms with Gasteiger partial charge in [0, 0.05) is 12.7 Å². The van der Waals surface area contributed by atoms with E-state index in [1.807, 2.05) is 0 Å². The first kappa shape index (κ1) is 23.4. The molecule has 12 nitrogen and oxygen atoms in total. The molecule has 0 fully saturated rings. The fourth-order valence-electron chi connectivity index (χ4n) is 3.08. The van der Waals surface area contributed by atoms with Gasteiger partial charge in [-0.15, -0.1) is 0 Å². The number of nitrogens with zero attached hydrogens (tertiary/aromatic N) is 4. The Labute approximate surface area is 187 Å². The highest BCUT2D eigenvalue weighted by atomic mass is 32.2. The van der Waals surface area contributed by atoms with E-state index in [1.165, 1.54) is 6.07 Å². The topological polar surface area (TPSA) is 189 Å². The van der Waals surface area contributed by atoms with Gasteiger partial charge >= 0.3 is 11.7 Å². The number of hydrogen-bond acceptors (Lipinski definition) is 10. The minimum atomic E-state index is -3.97. The summed E-state index contributed by atoms with van der Waals surface area (Å²) >= 11 is 0. The van der Waals surface area contributed by atoms with E-state index in [4.69, 9.17) is 15.8 Å². The third-order valence-electron chi connectivity index (χ3n) is 4.55. The average Bonchev–Trinajstić information content (AvgIpc) is 2.75. The molecule has 3 N–H and O–H groups in total. The van der Waals surface area contributed by atoms with E-state index in [0.29, 0.717) is 10.6 Å². The zero-order chi connectivity index (χ0) is 24.3. The number of allylic oxidation sites excluding steroid dienone is 1. The van der Waals surface area contributed by atoms with Crippen LogP contribution in [0.15, 0.2) is 65.1 Å². The predicted octanol–water partition coefficient (Wildman–Crippen LogP) is 1.28. The van der Waals surface area contributed by atoms with Crippen molar-refractivity contribution in [2.75, 3.05) is 6.26 Å². The molecule has 0 radical (unpaired) electrons. The van der Waals surface area contributed by atoms with Crippen LogP contribution in [0.25, 0.3) is 0 Å². The number of aromatic carboxylic acids is 1. The molecule has 0 saturated carbocycles. The molecular weight excluding hydrogens is 454 g/mol. The normalized spacial score (nSPS) is 16.1. The molecule has 0 amide bonds. The lowest BCUT2D eigenvalue weighted by Crippen LogP contribution is -2.50. The highest BCUT2D eigenvalue weighted by molar-refractivity contribution is 7.91. The molecule has 0 aromatic heterocycles. The van der Waals surface area contributed by atoms with Gasteiger partial charge in [-0.05, 0) is 23.8 Å². The molecular formula is C20H17N5O7S. The van der Waals surface area contributed by atoms with Gasteiger partial charge in [0.15, 0.2) is 9.84 Å². The highest BCUT2D eigenvalue weighted by Crippen LogP contribution is 2.28. The van der Waals surface area contributed by atoms with Crippen LogP contribution in [-0.2, 0) is 16.3 Å². The summed E-state index contributed by atoms with van der Waals surface area (Å²) in [6.45, 7) is 0. The number of nitrogens with two attached hydrogens (primary N) is 1. The van der Waals surface area contributed by atoms with Crippen molar-refractivity contribution in [3.8, 4) is 11.8 Å². The number of benzene rings is 2. The molecule has 1 unspecified atom stereocenters. The number of carboxylic acid groups (broad SMARTS) is 1. The molecule has 1 heterocycles. The second-order valence-corrected chi connectivity index (χ2v) is 9.02. The van der Waals surface area contributed by atoms with E-state index in [2.05, 4.69) is 4.99 Å². The Morgan fingerprint density at radius 2 is 2.00 bits per heavy atom. The number of rotatable bonds is 7. The van der Waals surface area contributed by atoms with Crippen LogP contribution in [0, 0.1) is 21.4 Å². The Morgan fingerprint density at radius 1 is 1.33 bits per heavy atom. The number of carboxylic acids is 1. The van der Waals surface area contributed by atoms with Crippen LogP contribution in [0.3, 0.4) is 0 Å². The van der Waals surface area contributed by atoms with Gasteiger partial charge in [-0.1, -0.05) is 30.3 Å². The number of carbonyl (C=O) groups is 1. The van der Waals surface area contributed by atoms with E-state index in [1.54, 1.807) is 36.4 Å². The first-order chi connectivity index (χ1) is 15.5. The maximum absolute atomic E-state index is 12.3. The SMILES string of the molecule is CS(=O)(=O)C1N=C(Cc2ccccc2)C([N+](=O)[O-])=C(Oc2ccc(C#N)c(C(=O)O)c2)N1N. The molecule has 1 aliphatic heterocycles. The average molecular weight is 471 g/mol. The van der Waals surface area contributed by atoms with E-state index >= 15 is 0 Å². The van der Waals surface area contributed by atoms with E-state index in [9.17, 15) is 28.4 Å². The predicted molar refractivity (Wildman–Crippen MR) is 115 cm³/mol. The third kappa shape index (κ3) is 4.97. The molecule has 2 aromatic rings. The van der Waals surface area contributed by atoms with E-state index < -0.39 is 43.4 Å². The minimum absolute atomic E-state index is 0.0857. The summed E-state index contributed by atoms with van der Waals surface area (Å²) in [6.07, 6.45) is 0.776. The lowest BCUT2D eigenvalue weighted by Gasteiger charge is -2.30. The highest BCUT2D eigenvalue weighted by Gasteiger charge is 2.42. The van der Waals surface area contributed by atoms with Gasteiger partial charge in [0.25, 0.3) is 5.88 Å². The van der Waals surface area contributed by atoms with Crippen molar-refractivity contribution in [2.24, 2.45) is 10.8 Å². The standard InChI is InChI=1S/C20H17N5O7S/c1-33(30,31)20-23-16(9-12-5-3-2-4-6-12)17(25(28)29)18(24(20)22)32-14-8-7-13(11-21)15(10-14)19(26)27/h2-8,10,20H,9,22H2,1H3,(H,26,27). The van der Waals surface area contributed by atoms with Gasteiger partial charge in [0.1, 0.15) is 17.5 Å². The molecule has 0 bridgehead atoms. The van der Waals surface area contributed by atoms with Crippen molar-refractivity contribution in [3.63, 3.8) is 0 Å². The molecule has 2 aromatic carbocycles. The molecule has 3 rings (SSSR count). The van der Waals surface area contributed by atoms with Crippen LogP contribution < -0.4 is 10.6 Å². The van der Waals surface area contributed by atoms with Gasteiger partial charge < -0.3 is 9.84 Å². The summed E-state index contributed by atoms with van der Waals surface area (Å²) in [5, 5.41) is 30.8. The van der Waals surface area contributed by atoms with Crippen molar-refractivity contribution in [1.29, 1.82) is 5.26 Å². The summed E-state index contributed by atoms with van der Waals surface area (Å²) in [6, 6.07) is 13.6. The second-order valence-electron chi connectivity index (χ2n) is 6.94. The first-order valence-corrected chi connectivity index (χ1v) is 11.2. The fraction of sp³-hybridized carbons (Fsp3) is 0.150. The van der Waals surface area contributed by atoms with Crippen molar-refractivity contribution in [3.05, 3.63) is 86.9 Å². The fourth-order valence-corrected chi connectivity index (χ4v) is 3.91. The third-order valence-corrected chi connectivity index (χ3v) is 5.65. The summed E-state index contributed by atoms with van der Waals surface area (Å²) in [5.41, 5.74) is -2.53. The largest absolute Gasteiger partial charge is 0.478 e. The zero-order valence-electron chi connectivity index (χ0n) is 17.1. The van der Waals surface area contributed by atoms with Gasteiger partial charge in [0.2, 0.25) is 5.50 Å². The number of hydrogen-bond donors (Lipinski definition) is 2. The van der Waals surface area contributed by atoms with Crippen LogP contribution in [0.4, 0.5) is 0 Å². The van der Waals surface area contributed by atoms with Crippen LogP contribution in [0.1, 0.15) is 21.5 Å². The summed E-state index contributed by atoms with van der Waals surface area (Å²) < 4.78 is 30.2. The number of nitro groups is 1. The molecule has 13 heteroatoms. The van der Waals surface area contributed by atoms with Crippen molar-refractivity contribution in [2.45, 2.75) is 11.9 Å². The second kappa shape index (κ2) is 9.07. The molecule has 170 valence electrons. The van der Waals surface area contributed by atoms with Crippen LogP contribution in [-0.4, -0.2) is 46.9 Å². The van der Waals surface area contributed by atoms with Crippen LogP contribution >= 0.6 is 0 Å². The quantitative estimate of drug-likeness (QED) is 0.338. The van der Waals surface area contributed by atoms with Crippen molar-refractivity contribution in [1.82, 2.24) is 5.01 Å². The van der Waals surface area contributed by atoms with Crippen LogP contribution in [0.2, 0.25) is 0 Å². The lowest BCUT2D eigenvalue weighted by molar-refractivity contribution is -0.419. The number of ether oxygens (including phenoxy) is 1. The molecule has 1 aliphatic rings. The van der Waals surface area contributed by atoms with Crippen molar-refractivity contribution >= 4 is 21.5 Å². The summed E-state index contributed by atoms with van der Waals surface area (Å²) in [4.78, 5) is 26.6. The summed E-state index contributed by atoms with van der Waals surface area (Å²) in [7, 11) is -3.97. The molecule has 0 spiro atoms.